The van der Waals surface area contributed by atoms with E-state index in [9.17, 15) is 40.7 Å². The van der Waals surface area contributed by atoms with Crippen molar-refractivity contribution in [2.75, 3.05) is 0 Å². The maximum Gasteiger partial charge on any atom is 0.417 e. The average molecular weight is 681 g/mol. The van der Waals surface area contributed by atoms with Gasteiger partial charge in [0, 0.05) is 41.0 Å². The molecule has 0 N–H and O–H groups in total. The summed E-state index contributed by atoms with van der Waals surface area (Å²) >= 11 is 0. The maximum absolute atomic E-state index is 14.1. The predicted molar refractivity (Wildman–Crippen MR) is 160 cm³/mol. The highest BCUT2D eigenvalue weighted by molar-refractivity contribution is 5.89. The van der Waals surface area contributed by atoms with Crippen molar-refractivity contribution in [1.29, 1.82) is 0 Å². The molecule has 2 aromatic heterocycles. The fraction of sp³-hybridized carbons (Fsp3) is 0.571. The van der Waals surface area contributed by atoms with Gasteiger partial charge in [0.25, 0.3) is 0 Å². The van der Waals surface area contributed by atoms with Gasteiger partial charge in [0.1, 0.15) is 29.4 Å². The number of alkyl halides is 6. The molecule has 3 fully saturated rings. The van der Waals surface area contributed by atoms with Gasteiger partial charge < -0.3 is 9.47 Å². The molecule has 3 aliphatic rings. The van der Waals surface area contributed by atoms with Crippen molar-refractivity contribution in [3.8, 4) is 0 Å². The lowest BCUT2D eigenvalue weighted by atomic mass is 9.44. The number of aromatic nitrogens is 2. The van der Waals surface area contributed by atoms with Gasteiger partial charge in [-0.2, -0.15) is 26.3 Å². The molecule has 260 valence electrons. The Morgan fingerprint density at radius 1 is 0.875 bits per heavy atom. The van der Waals surface area contributed by atoms with Gasteiger partial charge in [-0.05, 0) is 61.3 Å². The number of halogens is 6. The smallest absolute Gasteiger partial charge is 0.417 e. The van der Waals surface area contributed by atoms with Crippen molar-refractivity contribution in [3.63, 3.8) is 0 Å². The third-order valence-electron chi connectivity index (χ3n) is 11.6. The van der Waals surface area contributed by atoms with Gasteiger partial charge in [-0.15, -0.1) is 6.58 Å². The third-order valence-corrected chi connectivity index (χ3v) is 11.6. The first-order valence-corrected chi connectivity index (χ1v) is 15.8. The van der Waals surface area contributed by atoms with Gasteiger partial charge >= 0.3 is 24.3 Å². The summed E-state index contributed by atoms with van der Waals surface area (Å²) in [7, 11) is 0. The number of rotatable bonds is 5. The summed E-state index contributed by atoms with van der Waals surface area (Å²) in [6.45, 7) is 13.4. The molecule has 7 nitrogen and oxygen atoms in total. The van der Waals surface area contributed by atoms with Crippen molar-refractivity contribution >= 4 is 17.7 Å². The Morgan fingerprint density at radius 2 is 1.40 bits per heavy atom. The van der Waals surface area contributed by atoms with Crippen LogP contribution in [0, 0.1) is 39.9 Å². The molecule has 0 radical (unpaired) electrons. The number of carbonyl (C=O) groups is 3. The van der Waals surface area contributed by atoms with E-state index in [1.165, 1.54) is 0 Å². The number of hydrogen-bond acceptors (Lipinski definition) is 7. The molecule has 0 aliphatic heterocycles. The minimum absolute atomic E-state index is 0.0127. The molecular formula is C35H38F6N2O5. The highest BCUT2D eigenvalue weighted by Crippen LogP contribution is 2.69. The van der Waals surface area contributed by atoms with Crippen LogP contribution in [0.1, 0.15) is 92.4 Å². The number of esters is 2. The first-order valence-electron chi connectivity index (χ1n) is 15.8. The molecule has 0 spiro atoms. The van der Waals surface area contributed by atoms with E-state index in [0.29, 0.717) is 31.7 Å². The van der Waals surface area contributed by atoms with E-state index in [1.54, 1.807) is 13.0 Å². The Balaban J connectivity index is 1.58. The number of nitrogens with zero attached hydrogens (tertiary/aromatic N) is 2. The van der Waals surface area contributed by atoms with Gasteiger partial charge in [0.15, 0.2) is 0 Å². The maximum atomic E-state index is 14.1. The van der Waals surface area contributed by atoms with Gasteiger partial charge in [-0.3, -0.25) is 4.79 Å². The van der Waals surface area contributed by atoms with Crippen LogP contribution in [0.2, 0.25) is 0 Å². The minimum atomic E-state index is -4.66. The van der Waals surface area contributed by atoms with E-state index < -0.39 is 75.7 Å². The molecule has 3 saturated carbocycles. The van der Waals surface area contributed by atoms with Crippen molar-refractivity contribution in [3.05, 3.63) is 71.8 Å². The molecule has 3 aliphatic carbocycles. The average Bonchev–Trinajstić information content (AvgIpc) is 3.30. The molecule has 48 heavy (non-hydrogen) atoms. The monoisotopic (exact) mass is 680 g/mol. The second-order valence-corrected chi connectivity index (χ2v) is 14.3. The second kappa shape index (κ2) is 12.0. The zero-order chi connectivity index (χ0) is 35.6. The molecule has 2 heterocycles. The Hall–Kier alpha value is -3.77. The van der Waals surface area contributed by atoms with Crippen LogP contribution < -0.4 is 0 Å². The molecule has 2 bridgehead atoms. The Labute approximate surface area is 274 Å². The Bertz CT molecular complexity index is 1590. The number of Topliss-reactive ketones (excluding diaryl/α,β-unsaturated/α-hetero) is 1. The van der Waals surface area contributed by atoms with E-state index >= 15 is 0 Å². The topological polar surface area (TPSA) is 95.5 Å². The van der Waals surface area contributed by atoms with Crippen LogP contribution in [-0.4, -0.2) is 39.9 Å². The fourth-order valence-corrected chi connectivity index (χ4v) is 8.73. The Kier molecular flexibility index (Phi) is 8.87. The molecule has 0 amide bonds. The molecule has 2 aromatic rings. The van der Waals surface area contributed by atoms with Crippen LogP contribution in [0.4, 0.5) is 26.3 Å². The Morgan fingerprint density at radius 3 is 1.85 bits per heavy atom. The van der Waals surface area contributed by atoms with Gasteiger partial charge in [0.2, 0.25) is 0 Å². The number of carbonyl (C=O) groups excluding carboxylic acids is 3. The van der Waals surface area contributed by atoms with Crippen LogP contribution >= 0.6 is 0 Å². The number of ketones is 1. The summed E-state index contributed by atoms with van der Waals surface area (Å²) in [5.74, 6) is -3.51. The van der Waals surface area contributed by atoms with Crippen molar-refractivity contribution in [1.82, 2.24) is 9.97 Å². The van der Waals surface area contributed by atoms with Crippen LogP contribution in [0.25, 0.3) is 0 Å². The summed E-state index contributed by atoms with van der Waals surface area (Å²) in [5, 5.41) is 0. The van der Waals surface area contributed by atoms with Crippen LogP contribution in [0.3, 0.4) is 0 Å². The lowest BCUT2D eigenvalue weighted by molar-refractivity contribution is -0.192. The van der Waals surface area contributed by atoms with Crippen LogP contribution in [0.15, 0.2) is 49.3 Å². The van der Waals surface area contributed by atoms with Crippen molar-refractivity contribution in [2.24, 2.45) is 39.9 Å². The number of hydrogen-bond donors (Lipinski definition) is 0. The summed E-state index contributed by atoms with van der Waals surface area (Å²) in [4.78, 5) is 48.7. The highest BCUT2D eigenvalue weighted by Gasteiger charge is 2.70. The van der Waals surface area contributed by atoms with E-state index in [0.717, 1.165) is 24.3 Å². The lowest BCUT2D eigenvalue weighted by Crippen LogP contribution is -2.63. The highest BCUT2D eigenvalue weighted by atomic mass is 19.4. The van der Waals surface area contributed by atoms with E-state index in [4.69, 9.17) is 9.47 Å². The predicted octanol–water partition coefficient (Wildman–Crippen LogP) is 8.15. The van der Waals surface area contributed by atoms with Crippen molar-refractivity contribution in [2.45, 2.75) is 84.9 Å². The largest absolute Gasteiger partial charge is 0.457 e. The number of ether oxygens (including phenoxy) is 2. The van der Waals surface area contributed by atoms with Gasteiger partial charge in [0.05, 0.1) is 11.1 Å². The molecule has 0 aromatic carbocycles. The standard InChI is InChI=1S/C35H38F6N2O5/c1-7-31(5)15-25(47-29(45)23-10-8-21(16-42-23)34(36,37)38)32(6)19(3)12-13-33(14-18(2)26(44)27(32)33)20(4)28(31)48-30(46)24-11-9-22(17-43-24)35(39,40)41/h7-11,16-20,25,27-28H,1,12-15H2,2-6H3/t18?,19-,20+,25-,27?,28+,31-,32+,33+/m1/s1. The molecule has 5 rings (SSSR count). The second-order valence-electron chi connectivity index (χ2n) is 14.3. The first kappa shape index (κ1) is 35.5. The third kappa shape index (κ3) is 5.80. The molecular weight excluding hydrogens is 642 g/mol. The normalized spacial score (nSPS) is 35.2. The van der Waals surface area contributed by atoms with Gasteiger partial charge in [-0.25, -0.2) is 19.6 Å². The summed E-state index contributed by atoms with van der Waals surface area (Å²) in [6, 6.07) is 3.35. The molecule has 0 saturated heterocycles. The van der Waals surface area contributed by atoms with E-state index in [2.05, 4.69) is 16.5 Å². The minimum Gasteiger partial charge on any atom is -0.457 e. The van der Waals surface area contributed by atoms with Crippen molar-refractivity contribution < 1.29 is 50.2 Å². The van der Waals surface area contributed by atoms with Gasteiger partial charge in [-0.1, -0.05) is 40.7 Å². The fourth-order valence-electron chi connectivity index (χ4n) is 8.73. The first-order chi connectivity index (χ1) is 22.2. The van der Waals surface area contributed by atoms with E-state index in [1.807, 2.05) is 27.7 Å². The SMILES string of the molecule is C=C[C@]1(C)C[C@@H](OC(=O)c2ccc(C(F)(F)F)cn2)[C@@]2(C)C3C(=O)C(C)C[C@@]3(CC[C@H]2C)[C@@H](C)[C@@H]1OC(=O)c1ccc(C(F)(F)F)cn1. The summed E-state index contributed by atoms with van der Waals surface area (Å²) in [5.41, 5.74) is -5.50. The summed E-state index contributed by atoms with van der Waals surface area (Å²) < 4.78 is 91.3. The van der Waals surface area contributed by atoms with E-state index in [-0.39, 0.29) is 35.4 Å². The molecule has 2 unspecified atom stereocenters. The van der Waals surface area contributed by atoms with Crippen LogP contribution in [-0.2, 0) is 26.6 Å². The summed E-state index contributed by atoms with van der Waals surface area (Å²) in [6.07, 6.45) is -6.86. The molecule has 13 heteroatoms. The lowest BCUT2D eigenvalue weighted by Gasteiger charge is -2.62. The zero-order valence-electron chi connectivity index (χ0n) is 27.2. The quantitative estimate of drug-likeness (QED) is 0.179. The zero-order valence-corrected chi connectivity index (χ0v) is 27.2. The molecule has 9 atom stereocenters. The number of pyridine rings is 2. The van der Waals surface area contributed by atoms with Crippen LogP contribution in [0.5, 0.6) is 0 Å².